The summed E-state index contributed by atoms with van der Waals surface area (Å²) in [6.45, 7) is 7.82. The van der Waals surface area contributed by atoms with Gasteiger partial charge in [0.2, 0.25) is 12.7 Å². The lowest BCUT2D eigenvalue weighted by Crippen LogP contribution is -2.33. The molecule has 6 atom stereocenters. The lowest BCUT2D eigenvalue weighted by Gasteiger charge is -2.25. The summed E-state index contributed by atoms with van der Waals surface area (Å²) >= 11 is 6.06. The van der Waals surface area contributed by atoms with Crippen LogP contribution < -0.4 is 5.73 Å². The Bertz CT molecular complexity index is 1040. The van der Waals surface area contributed by atoms with Crippen LogP contribution in [0.3, 0.4) is 0 Å². The zero-order valence-corrected chi connectivity index (χ0v) is 18.5. The first-order valence-corrected chi connectivity index (χ1v) is 12.4. The van der Waals surface area contributed by atoms with Crippen LogP contribution >= 0.6 is 19.0 Å². The van der Waals surface area contributed by atoms with Crippen molar-refractivity contribution in [2.24, 2.45) is 11.3 Å². The molecular weight excluding hydrogens is 417 g/mol. The number of hydrogen-bond acceptors (Lipinski definition) is 8. The van der Waals surface area contributed by atoms with Crippen LogP contribution in [0.1, 0.15) is 33.2 Å². The van der Waals surface area contributed by atoms with Crippen molar-refractivity contribution in [2.45, 2.75) is 51.2 Å². The van der Waals surface area contributed by atoms with Crippen molar-refractivity contribution in [2.75, 3.05) is 25.2 Å². The third-order valence-corrected chi connectivity index (χ3v) is 8.49. The molecule has 9 nitrogen and oxygen atoms in total. The van der Waals surface area contributed by atoms with Crippen molar-refractivity contribution < 1.29 is 18.6 Å². The number of nitrogens with zero attached hydrogens (tertiary/aromatic N) is 4. The molecule has 158 valence electrons. The minimum atomic E-state index is -2.75. The van der Waals surface area contributed by atoms with Gasteiger partial charge in [0.25, 0.3) is 0 Å². The molecule has 1 saturated heterocycles. The highest BCUT2D eigenvalue weighted by Gasteiger charge is 2.76. The Kier molecular flexibility index (Phi) is 4.17. The summed E-state index contributed by atoms with van der Waals surface area (Å²) in [6, 6.07) is -0.0706. The highest BCUT2D eigenvalue weighted by atomic mass is 35.5. The molecule has 2 N–H and O–H groups in total. The summed E-state index contributed by atoms with van der Waals surface area (Å²) in [7, 11) is -2.75. The fraction of sp³-hybridized carbons (Fsp3) is 0.722. The van der Waals surface area contributed by atoms with E-state index in [1.54, 1.807) is 13.0 Å². The van der Waals surface area contributed by atoms with Crippen molar-refractivity contribution in [3.8, 4) is 0 Å². The van der Waals surface area contributed by atoms with E-state index in [1.165, 1.54) is 0 Å². The fourth-order valence-corrected chi connectivity index (χ4v) is 7.88. The number of ether oxygens (including phenoxy) is 2. The molecule has 1 aliphatic heterocycles. The van der Waals surface area contributed by atoms with Gasteiger partial charge in [-0.05, 0) is 44.7 Å². The highest BCUT2D eigenvalue weighted by Crippen LogP contribution is 2.75. The van der Waals surface area contributed by atoms with E-state index in [9.17, 15) is 4.57 Å². The Morgan fingerprint density at radius 2 is 2.17 bits per heavy atom. The number of rotatable bonds is 5. The Morgan fingerprint density at radius 1 is 1.41 bits per heavy atom. The summed E-state index contributed by atoms with van der Waals surface area (Å²) in [5.41, 5.74) is 6.82. The Morgan fingerprint density at radius 3 is 2.90 bits per heavy atom. The average Bonchev–Trinajstić information content (AvgIpc) is 2.87. The first kappa shape index (κ1) is 19.7. The Balaban J connectivity index is 1.58. The maximum atomic E-state index is 13.1. The van der Waals surface area contributed by atoms with Crippen LogP contribution in [0.5, 0.6) is 0 Å². The normalized spacial score (nSPS) is 36.7. The van der Waals surface area contributed by atoms with E-state index in [4.69, 9.17) is 31.3 Å². The Hall–Kier alpha value is -1.25. The summed E-state index contributed by atoms with van der Waals surface area (Å²) in [4.78, 5) is 12.8. The van der Waals surface area contributed by atoms with E-state index in [1.807, 2.05) is 25.3 Å². The third-order valence-electron chi connectivity index (χ3n) is 6.35. The van der Waals surface area contributed by atoms with Gasteiger partial charge in [-0.2, -0.15) is 9.97 Å². The van der Waals surface area contributed by atoms with Gasteiger partial charge in [-0.25, -0.2) is 4.98 Å². The van der Waals surface area contributed by atoms with Crippen LogP contribution in [0.25, 0.3) is 11.2 Å². The van der Waals surface area contributed by atoms with Gasteiger partial charge >= 0.3 is 0 Å². The van der Waals surface area contributed by atoms with E-state index in [2.05, 4.69) is 15.0 Å². The van der Waals surface area contributed by atoms with Crippen LogP contribution in [0.4, 0.5) is 5.82 Å². The van der Waals surface area contributed by atoms with E-state index in [-0.39, 0.29) is 40.7 Å². The van der Waals surface area contributed by atoms with E-state index in [0.29, 0.717) is 23.9 Å². The quantitative estimate of drug-likeness (QED) is 0.556. The second kappa shape index (κ2) is 6.14. The first-order chi connectivity index (χ1) is 13.6. The molecule has 29 heavy (non-hydrogen) atoms. The van der Waals surface area contributed by atoms with Crippen LogP contribution in [0, 0.1) is 11.3 Å². The van der Waals surface area contributed by atoms with Crippen LogP contribution in [0.15, 0.2) is 6.33 Å². The second-order valence-corrected chi connectivity index (χ2v) is 11.8. The number of imidazole rings is 1. The van der Waals surface area contributed by atoms with Crippen molar-refractivity contribution in [1.82, 2.24) is 19.5 Å². The van der Waals surface area contributed by atoms with Crippen molar-refractivity contribution in [3.05, 3.63) is 11.6 Å². The molecule has 2 aromatic heterocycles. The van der Waals surface area contributed by atoms with Gasteiger partial charge in [0, 0.05) is 18.2 Å². The zero-order chi connectivity index (χ0) is 20.8. The minimum Gasteiger partial charge on any atom is -0.382 e. The number of halogens is 1. The predicted octanol–water partition coefficient (Wildman–Crippen LogP) is 3.09. The number of hydrogen-bond donors (Lipinski definition) is 1. The van der Waals surface area contributed by atoms with Gasteiger partial charge in [0.05, 0.1) is 25.1 Å². The minimum absolute atomic E-state index is 0.0706. The lowest BCUT2D eigenvalue weighted by atomic mass is 10.0. The molecule has 3 heterocycles. The molecular formula is C18H25ClN5O4P. The van der Waals surface area contributed by atoms with E-state index in [0.717, 1.165) is 6.42 Å². The van der Waals surface area contributed by atoms with Gasteiger partial charge in [0.1, 0.15) is 11.6 Å². The van der Waals surface area contributed by atoms with E-state index < -0.39 is 13.2 Å². The molecule has 0 amide bonds. The molecule has 3 fully saturated rings. The summed E-state index contributed by atoms with van der Waals surface area (Å²) < 4.78 is 33.3. The topological polar surface area (TPSA) is 114 Å². The Labute approximate surface area is 173 Å². The monoisotopic (exact) mass is 441 g/mol. The molecule has 0 bridgehead atoms. The zero-order valence-electron chi connectivity index (χ0n) is 16.8. The van der Waals surface area contributed by atoms with Crippen LogP contribution in [-0.4, -0.2) is 56.9 Å². The van der Waals surface area contributed by atoms with Gasteiger partial charge in [-0.15, -0.1) is 0 Å². The molecule has 5 rings (SSSR count). The maximum Gasteiger partial charge on any atom is 0.226 e. The summed E-state index contributed by atoms with van der Waals surface area (Å²) in [6.07, 6.45) is 2.69. The molecule has 2 aliphatic carbocycles. The SMILES string of the molecule is CCOP(C)(=O)C[C@]12C[C@@H]1[C@@H](n1cnc3c(N)nc(Cl)nc31)[C@@H]1OC(C)(C)O[C@@H]12. The molecule has 3 aliphatic rings. The number of fused-ring (bicyclic) bond motifs is 4. The maximum absolute atomic E-state index is 13.1. The number of nitrogen functional groups attached to an aromatic ring is 1. The summed E-state index contributed by atoms with van der Waals surface area (Å²) in [5, 5.41) is 0.0756. The summed E-state index contributed by atoms with van der Waals surface area (Å²) in [5.74, 6) is -0.261. The van der Waals surface area contributed by atoms with Gasteiger partial charge in [-0.3, -0.25) is 4.57 Å². The van der Waals surface area contributed by atoms with Gasteiger partial charge in [0.15, 0.2) is 17.3 Å². The molecule has 2 aromatic rings. The lowest BCUT2D eigenvalue weighted by molar-refractivity contribution is -0.160. The third kappa shape index (κ3) is 2.93. The van der Waals surface area contributed by atoms with Crippen molar-refractivity contribution >= 4 is 36.0 Å². The molecule has 11 heteroatoms. The van der Waals surface area contributed by atoms with Crippen molar-refractivity contribution in [3.63, 3.8) is 0 Å². The largest absolute Gasteiger partial charge is 0.382 e. The van der Waals surface area contributed by atoms with Gasteiger partial charge in [-0.1, -0.05) is 0 Å². The molecule has 0 radical (unpaired) electrons. The fourth-order valence-electron chi connectivity index (χ4n) is 5.46. The van der Waals surface area contributed by atoms with Crippen LogP contribution in [-0.2, 0) is 18.6 Å². The van der Waals surface area contributed by atoms with Gasteiger partial charge < -0.3 is 24.3 Å². The average molecular weight is 442 g/mol. The smallest absolute Gasteiger partial charge is 0.226 e. The molecule has 0 spiro atoms. The standard InChI is InChI=1S/C18H25ClN5O4P/c1-5-26-29(4,25)7-18-6-9(18)11(12-13(18)28-17(2,3)27-12)24-8-21-10-14(20)22-16(19)23-15(10)24/h8-9,11-13H,5-7H2,1-4H3,(H2,20,22,23)/t9-,11-,12+,13+,18-,29?/m1/s1. The molecule has 2 saturated carbocycles. The van der Waals surface area contributed by atoms with Crippen molar-refractivity contribution in [1.29, 1.82) is 0 Å². The predicted molar refractivity (Wildman–Crippen MR) is 108 cm³/mol. The second-order valence-electron chi connectivity index (χ2n) is 8.85. The number of aromatic nitrogens is 4. The highest BCUT2D eigenvalue weighted by molar-refractivity contribution is 7.58. The number of nitrogens with two attached hydrogens (primary N) is 1. The molecule has 0 aromatic carbocycles. The number of anilines is 1. The molecule has 1 unspecified atom stereocenters. The van der Waals surface area contributed by atoms with Crippen LogP contribution in [0.2, 0.25) is 5.28 Å². The first-order valence-electron chi connectivity index (χ1n) is 9.79. The van der Waals surface area contributed by atoms with E-state index >= 15 is 0 Å².